The fourth-order valence-corrected chi connectivity index (χ4v) is 1.28. The number of urea groups is 1. The number of carbonyl (C=O) groups is 2. The summed E-state index contributed by atoms with van der Waals surface area (Å²) in [7, 11) is 0. The summed E-state index contributed by atoms with van der Waals surface area (Å²) >= 11 is 0. The van der Waals surface area contributed by atoms with Gasteiger partial charge in [-0.05, 0) is 5.92 Å². The van der Waals surface area contributed by atoms with Gasteiger partial charge in [-0.3, -0.25) is 15.0 Å². The van der Waals surface area contributed by atoms with Crippen LogP contribution in [-0.2, 0) is 4.79 Å². The maximum Gasteiger partial charge on any atom is 0.321 e. The Labute approximate surface area is 109 Å². The first-order chi connectivity index (χ1) is 8.49. The number of carbonyl (C=O) groups excluding carboxylic acids is 2. The predicted octanol–water partition coefficient (Wildman–Crippen LogP) is 1.14. The third kappa shape index (κ3) is 8.52. The van der Waals surface area contributed by atoms with Crippen molar-refractivity contribution in [3.8, 4) is 0 Å². The Hall–Kier alpha value is -1.62. The smallest absolute Gasteiger partial charge is 0.321 e. The summed E-state index contributed by atoms with van der Waals surface area (Å²) in [4.78, 5) is 24.8. The van der Waals surface area contributed by atoms with E-state index in [0.29, 0.717) is 25.6 Å². The third-order valence-corrected chi connectivity index (χ3v) is 2.07. The highest BCUT2D eigenvalue weighted by Crippen LogP contribution is 1.90. The number of nitrogens with one attached hydrogen (secondary N) is 2. The lowest BCUT2D eigenvalue weighted by Gasteiger charge is -2.17. The fraction of sp³-hybridized carbons (Fsp3) is 0.538. The van der Waals surface area contributed by atoms with Crippen molar-refractivity contribution >= 4 is 11.9 Å². The van der Waals surface area contributed by atoms with Crippen molar-refractivity contribution in [2.45, 2.75) is 13.8 Å². The summed E-state index contributed by atoms with van der Waals surface area (Å²) in [6, 6.07) is -0.453. The van der Waals surface area contributed by atoms with Crippen LogP contribution in [0.5, 0.6) is 0 Å². The van der Waals surface area contributed by atoms with Crippen molar-refractivity contribution in [2.75, 3.05) is 26.2 Å². The van der Waals surface area contributed by atoms with E-state index in [4.69, 9.17) is 0 Å². The molecule has 0 aromatic carbocycles. The van der Waals surface area contributed by atoms with Gasteiger partial charge in [-0.25, -0.2) is 4.79 Å². The average Bonchev–Trinajstić information content (AvgIpc) is 2.26. The van der Waals surface area contributed by atoms with E-state index in [2.05, 4.69) is 23.8 Å². The number of nitrogens with zero attached hydrogens (tertiary/aromatic N) is 1. The molecule has 0 radical (unpaired) electrons. The Morgan fingerprint density at radius 3 is 2.22 bits per heavy atom. The van der Waals surface area contributed by atoms with Crippen LogP contribution in [0, 0.1) is 5.92 Å². The molecule has 0 aliphatic rings. The minimum absolute atomic E-state index is 0.146. The van der Waals surface area contributed by atoms with E-state index >= 15 is 0 Å². The van der Waals surface area contributed by atoms with Crippen LogP contribution in [0.3, 0.4) is 0 Å². The first-order valence-corrected chi connectivity index (χ1v) is 6.01. The maximum atomic E-state index is 11.6. The molecule has 0 saturated heterocycles. The zero-order valence-electron chi connectivity index (χ0n) is 11.2. The van der Waals surface area contributed by atoms with Crippen molar-refractivity contribution in [3.05, 3.63) is 25.3 Å². The van der Waals surface area contributed by atoms with Crippen molar-refractivity contribution in [1.29, 1.82) is 0 Å². The second kappa shape index (κ2) is 9.41. The monoisotopic (exact) mass is 253 g/mol. The highest BCUT2D eigenvalue weighted by Gasteiger charge is 2.11. The normalized spacial score (nSPS) is 10.2. The number of imide groups is 1. The minimum atomic E-state index is -0.453. The van der Waals surface area contributed by atoms with Crippen LogP contribution in [0.4, 0.5) is 4.79 Å². The molecule has 2 N–H and O–H groups in total. The zero-order valence-corrected chi connectivity index (χ0v) is 11.2. The molecule has 0 bridgehead atoms. The Kier molecular flexibility index (Phi) is 8.57. The Balaban J connectivity index is 4.02. The molecule has 0 heterocycles. The minimum Gasteiger partial charge on any atom is -0.338 e. The topological polar surface area (TPSA) is 61.4 Å². The Bertz CT molecular complexity index is 291. The summed E-state index contributed by atoms with van der Waals surface area (Å²) < 4.78 is 0. The van der Waals surface area contributed by atoms with Gasteiger partial charge in [-0.2, -0.15) is 0 Å². The summed E-state index contributed by atoms with van der Waals surface area (Å²) in [5.74, 6) is 0.0174. The average molecular weight is 253 g/mol. The number of hydrogen-bond donors (Lipinski definition) is 2. The molecule has 0 saturated carbocycles. The van der Waals surface area contributed by atoms with E-state index < -0.39 is 6.03 Å². The van der Waals surface area contributed by atoms with Gasteiger partial charge in [0.05, 0.1) is 6.54 Å². The van der Waals surface area contributed by atoms with Crippen LogP contribution in [0.1, 0.15) is 13.8 Å². The Morgan fingerprint density at radius 2 is 1.78 bits per heavy atom. The van der Waals surface area contributed by atoms with E-state index in [-0.39, 0.29) is 12.5 Å². The number of hydrogen-bond acceptors (Lipinski definition) is 3. The lowest BCUT2D eigenvalue weighted by molar-refractivity contribution is -0.120. The molecule has 102 valence electrons. The molecule has 0 fully saturated rings. The van der Waals surface area contributed by atoms with Crippen LogP contribution in [0.15, 0.2) is 25.3 Å². The van der Waals surface area contributed by atoms with Crippen LogP contribution in [-0.4, -0.2) is 43.0 Å². The summed E-state index contributed by atoms with van der Waals surface area (Å²) in [6.07, 6.45) is 3.41. The Morgan fingerprint density at radius 1 is 1.22 bits per heavy atom. The molecule has 3 amide bonds. The zero-order chi connectivity index (χ0) is 14.0. The van der Waals surface area contributed by atoms with E-state index in [0.717, 1.165) is 0 Å². The van der Waals surface area contributed by atoms with Gasteiger partial charge in [-0.15, -0.1) is 13.2 Å². The van der Waals surface area contributed by atoms with Crippen molar-refractivity contribution in [2.24, 2.45) is 5.92 Å². The summed E-state index contributed by atoms with van der Waals surface area (Å²) in [5.41, 5.74) is 0. The van der Waals surface area contributed by atoms with Crippen LogP contribution in [0.25, 0.3) is 0 Å². The van der Waals surface area contributed by atoms with Gasteiger partial charge >= 0.3 is 6.03 Å². The second-order valence-corrected chi connectivity index (χ2v) is 4.42. The molecule has 0 spiro atoms. The highest BCUT2D eigenvalue weighted by atomic mass is 16.2. The molecule has 0 unspecified atom stereocenters. The van der Waals surface area contributed by atoms with Gasteiger partial charge in [-0.1, -0.05) is 26.0 Å². The van der Waals surface area contributed by atoms with Crippen LogP contribution < -0.4 is 10.6 Å². The first kappa shape index (κ1) is 16.4. The number of rotatable bonds is 8. The van der Waals surface area contributed by atoms with Gasteiger partial charge in [0, 0.05) is 19.6 Å². The van der Waals surface area contributed by atoms with E-state index in [9.17, 15) is 9.59 Å². The largest absolute Gasteiger partial charge is 0.338 e. The molecule has 0 aliphatic heterocycles. The van der Waals surface area contributed by atoms with E-state index in [1.807, 2.05) is 18.7 Å². The summed E-state index contributed by atoms with van der Waals surface area (Å²) in [5, 5.41) is 4.90. The highest BCUT2D eigenvalue weighted by molar-refractivity contribution is 5.95. The van der Waals surface area contributed by atoms with Crippen molar-refractivity contribution < 1.29 is 9.59 Å². The van der Waals surface area contributed by atoms with E-state index in [1.165, 1.54) is 0 Å². The van der Waals surface area contributed by atoms with Crippen LogP contribution in [0.2, 0.25) is 0 Å². The van der Waals surface area contributed by atoms with Crippen molar-refractivity contribution in [1.82, 2.24) is 15.5 Å². The lowest BCUT2D eigenvalue weighted by Crippen LogP contribution is -2.45. The SMILES string of the molecule is C=CCN(CC=C)CC(=O)NC(=O)NCC(C)C. The lowest BCUT2D eigenvalue weighted by atomic mass is 10.2. The molecular formula is C13H23N3O2. The van der Waals surface area contributed by atoms with Crippen LogP contribution >= 0.6 is 0 Å². The molecule has 0 atom stereocenters. The van der Waals surface area contributed by atoms with E-state index in [1.54, 1.807) is 12.2 Å². The molecular weight excluding hydrogens is 230 g/mol. The standard InChI is InChI=1S/C13H23N3O2/c1-5-7-16(8-6-2)10-12(17)15-13(18)14-9-11(3)4/h5-6,11H,1-2,7-10H2,3-4H3,(H2,14,15,17,18). The third-order valence-electron chi connectivity index (χ3n) is 2.07. The molecule has 0 rings (SSSR count). The molecule has 18 heavy (non-hydrogen) atoms. The van der Waals surface area contributed by atoms with Gasteiger partial charge in [0.2, 0.25) is 5.91 Å². The van der Waals surface area contributed by atoms with Gasteiger partial charge in [0.1, 0.15) is 0 Å². The molecule has 0 aromatic rings. The van der Waals surface area contributed by atoms with Gasteiger partial charge in [0.15, 0.2) is 0 Å². The second-order valence-electron chi connectivity index (χ2n) is 4.42. The molecule has 0 aromatic heterocycles. The quantitative estimate of drug-likeness (QED) is 0.638. The maximum absolute atomic E-state index is 11.6. The molecule has 5 nitrogen and oxygen atoms in total. The molecule has 0 aliphatic carbocycles. The first-order valence-electron chi connectivity index (χ1n) is 6.01. The van der Waals surface area contributed by atoms with Gasteiger partial charge < -0.3 is 5.32 Å². The molecule has 5 heteroatoms. The predicted molar refractivity (Wildman–Crippen MR) is 73.2 cm³/mol. The van der Waals surface area contributed by atoms with Gasteiger partial charge in [0.25, 0.3) is 0 Å². The fourth-order valence-electron chi connectivity index (χ4n) is 1.28. The number of amides is 3. The summed E-state index contributed by atoms with van der Waals surface area (Å²) in [6.45, 7) is 13.0. The van der Waals surface area contributed by atoms with Crippen molar-refractivity contribution in [3.63, 3.8) is 0 Å².